The summed E-state index contributed by atoms with van der Waals surface area (Å²) in [6.45, 7) is 6.15. The Morgan fingerprint density at radius 2 is 1.68 bits per heavy atom. The minimum absolute atomic E-state index is 0.0745. The van der Waals surface area contributed by atoms with E-state index < -0.39 is 5.82 Å². The maximum Gasteiger partial charge on any atom is 0.254 e. The van der Waals surface area contributed by atoms with E-state index in [0.29, 0.717) is 31.7 Å². The largest absolute Gasteiger partial charge is 0.339 e. The van der Waals surface area contributed by atoms with Crippen LogP contribution < -0.4 is 0 Å². The van der Waals surface area contributed by atoms with Crippen molar-refractivity contribution in [1.82, 2.24) is 9.80 Å². The number of carbonyl (C=O) groups excluding carboxylic acids is 2. The van der Waals surface area contributed by atoms with E-state index in [1.54, 1.807) is 11.0 Å². The molecule has 1 aliphatic heterocycles. The van der Waals surface area contributed by atoms with E-state index in [0.717, 1.165) is 12.8 Å². The van der Waals surface area contributed by atoms with Crippen LogP contribution in [0.1, 0.15) is 37.0 Å². The Labute approximate surface area is 130 Å². The molecule has 0 radical (unpaired) electrons. The predicted octanol–water partition coefficient (Wildman–Crippen LogP) is 2.55. The van der Waals surface area contributed by atoms with Crippen LogP contribution in [-0.4, -0.2) is 47.8 Å². The molecule has 0 N–H and O–H groups in total. The first-order valence-corrected chi connectivity index (χ1v) is 7.90. The summed E-state index contributed by atoms with van der Waals surface area (Å²) in [5.74, 6) is -0.323. The van der Waals surface area contributed by atoms with Crippen LogP contribution in [0.5, 0.6) is 0 Å². The fraction of sp³-hybridized carbons (Fsp3) is 0.529. The third-order valence-electron chi connectivity index (χ3n) is 4.28. The highest BCUT2D eigenvalue weighted by Gasteiger charge is 2.27. The zero-order chi connectivity index (χ0) is 16.1. The highest BCUT2D eigenvalue weighted by molar-refractivity contribution is 5.94. The molecule has 0 atom stereocenters. The standard InChI is InChI=1S/C17H23FN2O2/c1-3-13(4-2)16(21)19-8-10-20(11-9-19)17(22)14-6-5-7-15(18)12-14/h5-7,12-13H,3-4,8-11H2,1-2H3. The van der Waals surface area contributed by atoms with Gasteiger partial charge in [-0.2, -0.15) is 0 Å². The molecule has 1 saturated heterocycles. The van der Waals surface area contributed by atoms with Crippen LogP contribution in [0.4, 0.5) is 4.39 Å². The predicted molar refractivity (Wildman–Crippen MR) is 83.0 cm³/mol. The van der Waals surface area contributed by atoms with E-state index in [4.69, 9.17) is 0 Å². The van der Waals surface area contributed by atoms with Gasteiger partial charge in [0.25, 0.3) is 5.91 Å². The van der Waals surface area contributed by atoms with Gasteiger partial charge in [0, 0.05) is 37.7 Å². The zero-order valence-corrected chi connectivity index (χ0v) is 13.2. The number of piperazine rings is 1. The second-order valence-corrected chi connectivity index (χ2v) is 5.64. The SMILES string of the molecule is CCC(CC)C(=O)N1CCN(C(=O)c2cccc(F)c2)CC1. The molecule has 0 aromatic heterocycles. The molecule has 0 unspecified atom stereocenters. The molecule has 1 aromatic carbocycles. The van der Waals surface area contributed by atoms with Gasteiger partial charge in [0.2, 0.25) is 5.91 Å². The number of benzene rings is 1. The van der Waals surface area contributed by atoms with Crippen molar-refractivity contribution in [3.8, 4) is 0 Å². The average Bonchev–Trinajstić information content (AvgIpc) is 2.55. The number of halogens is 1. The molecular formula is C17H23FN2O2. The van der Waals surface area contributed by atoms with Crippen LogP contribution in [0.2, 0.25) is 0 Å². The second-order valence-electron chi connectivity index (χ2n) is 5.64. The topological polar surface area (TPSA) is 40.6 Å². The van der Waals surface area contributed by atoms with Crippen molar-refractivity contribution in [2.75, 3.05) is 26.2 Å². The molecule has 2 amide bonds. The van der Waals surface area contributed by atoms with Gasteiger partial charge < -0.3 is 9.80 Å². The molecule has 0 saturated carbocycles. The summed E-state index contributed by atoms with van der Waals surface area (Å²) in [5.41, 5.74) is 0.361. The summed E-state index contributed by atoms with van der Waals surface area (Å²) in [6, 6.07) is 5.73. The normalized spacial score (nSPS) is 15.3. The van der Waals surface area contributed by atoms with Crippen LogP contribution in [0.15, 0.2) is 24.3 Å². The van der Waals surface area contributed by atoms with Gasteiger partial charge in [-0.05, 0) is 31.0 Å². The molecule has 4 nitrogen and oxygen atoms in total. The lowest BCUT2D eigenvalue weighted by atomic mass is 10.0. The monoisotopic (exact) mass is 306 g/mol. The van der Waals surface area contributed by atoms with Gasteiger partial charge in [-0.15, -0.1) is 0 Å². The number of hydrogen-bond acceptors (Lipinski definition) is 2. The van der Waals surface area contributed by atoms with Gasteiger partial charge in [0.05, 0.1) is 0 Å². The van der Waals surface area contributed by atoms with Gasteiger partial charge in [0.1, 0.15) is 5.82 Å². The molecule has 0 spiro atoms. The molecule has 1 fully saturated rings. The molecule has 0 bridgehead atoms. The maximum atomic E-state index is 13.2. The van der Waals surface area contributed by atoms with Crippen molar-refractivity contribution >= 4 is 11.8 Å². The molecule has 120 valence electrons. The third kappa shape index (κ3) is 3.64. The van der Waals surface area contributed by atoms with Crippen LogP contribution in [0.25, 0.3) is 0 Å². The van der Waals surface area contributed by atoms with Crippen LogP contribution >= 0.6 is 0 Å². The second kappa shape index (κ2) is 7.38. The number of amides is 2. The Hall–Kier alpha value is -1.91. The third-order valence-corrected chi connectivity index (χ3v) is 4.28. The lowest BCUT2D eigenvalue weighted by Gasteiger charge is -2.36. The van der Waals surface area contributed by atoms with E-state index >= 15 is 0 Å². The minimum Gasteiger partial charge on any atom is -0.339 e. The average molecular weight is 306 g/mol. The van der Waals surface area contributed by atoms with Crippen molar-refractivity contribution in [3.05, 3.63) is 35.6 Å². The van der Waals surface area contributed by atoms with Gasteiger partial charge in [-0.1, -0.05) is 19.9 Å². The lowest BCUT2D eigenvalue weighted by molar-refractivity contribution is -0.137. The van der Waals surface area contributed by atoms with E-state index in [1.165, 1.54) is 18.2 Å². The number of carbonyl (C=O) groups is 2. The quantitative estimate of drug-likeness (QED) is 0.858. The first-order valence-electron chi connectivity index (χ1n) is 7.90. The fourth-order valence-electron chi connectivity index (χ4n) is 2.83. The molecule has 22 heavy (non-hydrogen) atoms. The van der Waals surface area contributed by atoms with Crippen molar-refractivity contribution < 1.29 is 14.0 Å². The first kappa shape index (κ1) is 16.5. The number of nitrogens with zero attached hydrogens (tertiary/aromatic N) is 2. The van der Waals surface area contributed by atoms with Crippen molar-refractivity contribution in [2.45, 2.75) is 26.7 Å². The van der Waals surface area contributed by atoms with E-state index in [2.05, 4.69) is 0 Å². The Balaban J connectivity index is 1.94. The molecular weight excluding hydrogens is 283 g/mol. The van der Waals surface area contributed by atoms with Crippen molar-refractivity contribution in [2.24, 2.45) is 5.92 Å². The van der Waals surface area contributed by atoms with Gasteiger partial charge >= 0.3 is 0 Å². The summed E-state index contributed by atoms with van der Waals surface area (Å²) in [7, 11) is 0. The Morgan fingerprint density at radius 3 is 2.23 bits per heavy atom. The Morgan fingerprint density at radius 1 is 1.09 bits per heavy atom. The fourth-order valence-corrected chi connectivity index (χ4v) is 2.83. The molecule has 0 aliphatic carbocycles. The highest BCUT2D eigenvalue weighted by atomic mass is 19.1. The molecule has 1 aromatic rings. The van der Waals surface area contributed by atoms with Crippen LogP contribution in [-0.2, 0) is 4.79 Å². The maximum absolute atomic E-state index is 13.2. The number of rotatable bonds is 4. The smallest absolute Gasteiger partial charge is 0.254 e. The summed E-state index contributed by atoms with van der Waals surface area (Å²) in [6.07, 6.45) is 1.69. The summed E-state index contributed by atoms with van der Waals surface area (Å²) < 4.78 is 13.2. The summed E-state index contributed by atoms with van der Waals surface area (Å²) >= 11 is 0. The van der Waals surface area contributed by atoms with Crippen molar-refractivity contribution in [3.63, 3.8) is 0 Å². The first-order chi connectivity index (χ1) is 10.6. The zero-order valence-electron chi connectivity index (χ0n) is 13.2. The van der Waals surface area contributed by atoms with Gasteiger partial charge in [-0.25, -0.2) is 4.39 Å². The highest BCUT2D eigenvalue weighted by Crippen LogP contribution is 2.15. The van der Waals surface area contributed by atoms with Crippen molar-refractivity contribution in [1.29, 1.82) is 0 Å². The van der Waals surface area contributed by atoms with E-state index in [9.17, 15) is 14.0 Å². The summed E-state index contributed by atoms with van der Waals surface area (Å²) in [4.78, 5) is 28.2. The van der Waals surface area contributed by atoms with Crippen LogP contribution in [0, 0.1) is 11.7 Å². The molecule has 1 aliphatic rings. The summed E-state index contributed by atoms with van der Waals surface area (Å²) in [5, 5.41) is 0. The molecule has 2 rings (SSSR count). The van der Waals surface area contributed by atoms with E-state index in [-0.39, 0.29) is 17.7 Å². The minimum atomic E-state index is -0.409. The molecule has 5 heteroatoms. The Kier molecular flexibility index (Phi) is 5.52. The van der Waals surface area contributed by atoms with E-state index in [1.807, 2.05) is 18.7 Å². The molecule has 1 heterocycles. The van der Waals surface area contributed by atoms with Gasteiger partial charge in [-0.3, -0.25) is 9.59 Å². The lowest BCUT2D eigenvalue weighted by Crippen LogP contribution is -2.51. The van der Waals surface area contributed by atoms with Crippen LogP contribution in [0.3, 0.4) is 0 Å². The van der Waals surface area contributed by atoms with Gasteiger partial charge in [0.15, 0.2) is 0 Å². The number of hydrogen-bond donors (Lipinski definition) is 0. The Bertz CT molecular complexity index is 535.